The van der Waals surface area contributed by atoms with Gasteiger partial charge in [0.25, 0.3) is 11.6 Å². The van der Waals surface area contributed by atoms with Gasteiger partial charge in [-0.3, -0.25) is 19.9 Å². The number of hydrogen-bond donors (Lipinski definition) is 1. The summed E-state index contributed by atoms with van der Waals surface area (Å²) in [6.45, 7) is 2.58. The van der Waals surface area contributed by atoms with Crippen LogP contribution in [0.15, 0.2) is 42.6 Å². The number of aryl methyl sites for hydroxylation is 1. The Morgan fingerprint density at radius 1 is 1.33 bits per heavy atom. The Morgan fingerprint density at radius 2 is 2.04 bits per heavy atom. The van der Waals surface area contributed by atoms with E-state index >= 15 is 0 Å². The Bertz CT molecular complexity index is 779. The molecule has 24 heavy (non-hydrogen) atoms. The molecule has 1 fully saturated rings. The maximum absolute atomic E-state index is 12.8. The highest BCUT2D eigenvalue weighted by molar-refractivity contribution is 5.96. The second kappa shape index (κ2) is 6.37. The molecule has 124 valence electrons. The number of amides is 1. The molecular weight excluding hydrogens is 308 g/mol. The second-order valence-electron chi connectivity index (χ2n) is 5.97. The summed E-state index contributed by atoms with van der Waals surface area (Å²) in [6, 6.07) is 10.9. The van der Waals surface area contributed by atoms with Crippen LogP contribution in [0.25, 0.3) is 0 Å². The highest BCUT2D eigenvalue weighted by Gasteiger charge is 2.35. The average Bonchev–Trinajstić information content (AvgIpc) is 2.97. The van der Waals surface area contributed by atoms with Gasteiger partial charge >= 0.3 is 0 Å². The normalized spacial score (nSPS) is 20.2. The standard InChI is InChI=1S/C17H18N4O3/c1-11-14(7-13(8-19-11)21(23)24)17(22)20-9-15(16(18)10-20)12-5-3-2-4-6-12/h2-8,15-16H,9-10,18H2,1H3/t15-,16+/m0/s1. The maximum atomic E-state index is 12.8. The molecule has 1 aromatic carbocycles. The first kappa shape index (κ1) is 16.1. The number of carbonyl (C=O) groups is 1. The molecule has 1 aliphatic heterocycles. The van der Waals surface area contributed by atoms with E-state index < -0.39 is 4.92 Å². The zero-order chi connectivity index (χ0) is 17.3. The summed E-state index contributed by atoms with van der Waals surface area (Å²) < 4.78 is 0. The van der Waals surface area contributed by atoms with Gasteiger partial charge in [-0.15, -0.1) is 0 Å². The molecule has 1 aromatic heterocycles. The van der Waals surface area contributed by atoms with Gasteiger partial charge < -0.3 is 10.6 Å². The minimum absolute atomic E-state index is 0.0575. The van der Waals surface area contributed by atoms with Gasteiger partial charge in [0.05, 0.1) is 16.2 Å². The summed E-state index contributed by atoms with van der Waals surface area (Å²) in [4.78, 5) is 28.8. The number of nitro groups is 1. The van der Waals surface area contributed by atoms with E-state index in [1.807, 2.05) is 30.3 Å². The minimum Gasteiger partial charge on any atom is -0.336 e. The first-order valence-corrected chi connectivity index (χ1v) is 7.68. The van der Waals surface area contributed by atoms with Gasteiger partial charge in [-0.25, -0.2) is 0 Å². The second-order valence-corrected chi connectivity index (χ2v) is 5.97. The Balaban J connectivity index is 1.84. The Kier molecular flexibility index (Phi) is 4.26. The van der Waals surface area contributed by atoms with Crippen LogP contribution in [-0.2, 0) is 0 Å². The third-order valence-corrected chi connectivity index (χ3v) is 4.39. The highest BCUT2D eigenvalue weighted by Crippen LogP contribution is 2.28. The van der Waals surface area contributed by atoms with E-state index in [0.717, 1.165) is 11.8 Å². The van der Waals surface area contributed by atoms with Gasteiger partial charge in [-0.2, -0.15) is 0 Å². The van der Waals surface area contributed by atoms with Gasteiger partial charge in [0.2, 0.25) is 0 Å². The van der Waals surface area contributed by atoms with Crippen molar-refractivity contribution in [2.24, 2.45) is 5.73 Å². The molecule has 0 bridgehead atoms. The average molecular weight is 326 g/mol. The molecule has 2 aromatic rings. The van der Waals surface area contributed by atoms with Crippen molar-refractivity contribution in [2.75, 3.05) is 13.1 Å². The van der Waals surface area contributed by atoms with Crippen LogP contribution >= 0.6 is 0 Å². The summed E-state index contributed by atoms with van der Waals surface area (Å²) in [5.41, 5.74) is 7.85. The third kappa shape index (κ3) is 2.98. The van der Waals surface area contributed by atoms with Crippen molar-refractivity contribution in [2.45, 2.75) is 18.9 Å². The largest absolute Gasteiger partial charge is 0.336 e. The van der Waals surface area contributed by atoms with Crippen LogP contribution in [0.1, 0.15) is 27.5 Å². The van der Waals surface area contributed by atoms with Crippen molar-refractivity contribution in [3.63, 3.8) is 0 Å². The summed E-state index contributed by atoms with van der Waals surface area (Å²) in [5, 5.41) is 10.9. The van der Waals surface area contributed by atoms with Crippen LogP contribution in [-0.4, -0.2) is 39.8 Å². The number of hydrogen-bond acceptors (Lipinski definition) is 5. The summed E-state index contributed by atoms with van der Waals surface area (Å²) in [5.74, 6) is -0.209. The van der Waals surface area contributed by atoms with Crippen molar-refractivity contribution in [3.8, 4) is 0 Å². The smallest absolute Gasteiger partial charge is 0.288 e. The fourth-order valence-corrected chi connectivity index (χ4v) is 3.06. The number of rotatable bonds is 3. The number of likely N-dealkylation sites (tertiary alicyclic amines) is 1. The molecular formula is C17H18N4O3. The third-order valence-electron chi connectivity index (χ3n) is 4.39. The quantitative estimate of drug-likeness (QED) is 0.685. The van der Waals surface area contributed by atoms with Gasteiger partial charge in [-0.1, -0.05) is 30.3 Å². The summed E-state index contributed by atoms with van der Waals surface area (Å²) in [7, 11) is 0. The molecule has 1 amide bonds. The molecule has 2 N–H and O–H groups in total. The van der Waals surface area contributed by atoms with E-state index in [2.05, 4.69) is 4.98 Å². The Hall–Kier alpha value is -2.80. The van der Waals surface area contributed by atoms with Gasteiger partial charge in [0.15, 0.2) is 0 Å². The fourth-order valence-electron chi connectivity index (χ4n) is 3.06. The molecule has 7 nitrogen and oxygen atoms in total. The molecule has 0 aliphatic carbocycles. The number of nitrogens with two attached hydrogens (primary N) is 1. The molecule has 3 rings (SSSR count). The van der Waals surface area contributed by atoms with Crippen molar-refractivity contribution >= 4 is 11.6 Å². The molecule has 1 aliphatic rings. The highest BCUT2D eigenvalue weighted by atomic mass is 16.6. The lowest BCUT2D eigenvalue weighted by atomic mass is 9.95. The number of pyridine rings is 1. The van der Waals surface area contributed by atoms with E-state index in [1.54, 1.807) is 11.8 Å². The molecule has 7 heteroatoms. The van der Waals surface area contributed by atoms with Crippen LogP contribution in [0, 0.1) is 17.0 Å². The van der Waals surface area contributed by atoms with Gasteiger partial charge in [0, 0.05) is 31.1 Å². The molecule has 0 spiro atoms. The first-order chi connectivity index (χ1) is 11.5. The topological polar surface area (TPSA) is 102 Å². The van der Waals surface area contributed by atoms with Gasteiger partial charge in [0.1, 0.15) is 6.20 Å². The lowest BCUT2D eigenvalue weighted by Crippen LogP contribution is -2.32. The van der Waals surface area contributed by atoms with E-state index in [4.69, 9.17) is 5.73 Å². The van der Waals surface area contributed by atoms with Crippen LogP contribution < -0.4 is 5.73 Å². The van der Waals surface area contributed by atoms with Crippen molar-refractivity contribution in [3.05, 3.63) is 69.5 Å². The number of aromatic nitrogens is 1. The fraction of sp³-hybridized carbons (Fsp3) is 0.294. The lowest BCUT2D eigenvalue weighted by Gasteiger charge is -2.17. The Morgan fingerprint density at radius 3 is 2.71 bits per heavy atom. The SMILES string of the molecule is Cc1ncc([N+](=O)[O-])cc1C(=O)N1C[C@@H](N)[C@H](c2ccccc2)C1. The lowest BCUT2D eigenvalue weighted by molar-refractivity contribution is -0.385. The Labute approximate surface area is 139 Å². The van der Waals surface area contributed by atoms with Crippen LogP contribution in [0.4, 0.5) is 5.69 Å². The van der Waals surface area contributed by atoms with E-state index in [9.17, 15) is 14.9 Å². The molecule has 2 heterocycles. The number of nitrogens with zero attached hydrogens (tertiary/aromatic N) is 3. The molecule has 0 radical (unpaired) electrons. The maximum Gasteiger partial charge on any atom is 0.288 e. The van der Waals surface area contributed by atoms with Crippen LogP contribution in [0.2, 0.25) is 0 Å². The van der Waals surface area contributed by atoms with Crippen molar-refractivity contribution < 1.29 is 9.72 Å². The predicted octanol–water partition coefficient (Wildman–Crippen LogP) is 1.87. The van der Waals surface area contributed by atoms with E-state index in [-0.39, 0.29) is 29.1 Å². The van der Waals surface area contributed by atoms with E-state index in [1.165, 1.54) is 6.07 Å². The molecule has 1 saturated heterocycles. The molecule has 0 unspecified atom stereocenters. The van der Waals surface area contributed by atoms with E-state index in [0.29, 0.717) is 18.8 Å². The van der Waals surface area contributed by atoms with Crippen molar-refractivity contribution in [1.29, 1.82) is 0 Å². The summed E-state index contributed by atoms with van der Waals surface area (Å²) in [6.07, 6.45) is 1.16. The summed E-state index contributed by atoms with van der Waals surface area (Å²) >= 11 is 0. The first-order valence-electron chi connectivity index (χ1n) is 7.68. The van der Waals surface area contributed by atoms with Gasteiger partial charge in [-0.05, 0) is 12.5 Å². The zero-order valence-electron chi connectivity index (χ0n) is 13.3. The number of carbonyl (C=O) groups excluding carboxylic acids is 1. The van der Waals surface area contributed by atoms with Crippen molar-refractivity contribution in [1.82, 2.24) is 9.88 Å². The minimum atomic E-state index is -0.550. The predicted molar refractivity (Wildman–Crippen MR) is 88.7 cm³/mol. The van der Waals surface area contributed by atoms with Crippen LogP contribution in [0.3, 0.4) is 0 Å². The molecule has 0 saturated carbocycles. The zero-order valence-corrected chi connectivity index (χ0v) is 13.3. The monoisotopic (exact) mass is 326 g/mol. The molecule has 2 atom stereocenters. The number of benzene rings is 1. The van der Waals surface area contributed by atoms with Crippen LogP contribution in [0.5, 0.6) is 0 Å².